The molecule has 0 aromatic heterocycles. The number of hydrogen-bond acceptors (Lipinski definition) is 4. The van der Waals surface area contributed by atoms with Gasteiger partial charge in [-0.1, -0.05) is 12.1 Å². The van der Waals surface area contributed by atoms with Crippen molar-refractivity contribution in [1.29, 1.82) is 0 Å². The molecule has 1 N–H and O–H groups in total. The Kier molecular flexibility index (Phi) is 9.64. The van der Waals surface area contributed by atoms with E-state index in [1.165, 1.54) is 24.8 Å². The largest absolute Gasteiger partial charge is 0.497 e. The number of nitrogens with zero attached hydrogens (tertiary/aromatic N) is 1. The number of benzene rings is 1. The minimum absolute atomic E-state index is 0.155. The molecule has 5 heteroatoms. The topological polar surface area (TPSA) is 50.8 Å². The first-order chi connectivity index (χ1) is 13.1. The van der Waals surface area contributed by atoms with Gasteiger partial charge in [-0.15, -0.1) is 0 Å². The highest BCUT2D eigenvalue weighted by Gasteiger charge is 2.23. The van der Waals surface area contributed by atoms with E-state index in [1.54, 1.807) is 14.2 Å². The molecule has 152 valence electrons. The van der Waals surface area contributed by atoms with Crippen molar-refractivity contribution in [3.05, 3.63) is 29.8 Å². The fourth-order valence-corrected chi connectivity index (χ4v) is 3.75. The Morgan fingerprint density at radius 2 is 1.93 bits per heavy atom. The van der Waals surface area contributed by atoms with E-state index in [1.807, 2.05) is 12.1 Å². The summed E-state index contributed by atoms with van der Waals surface area (Å²) < 4.78 is 10.2. The molecule has 0 unspecified atom stereocenters. The highest BCUT2D eigenvalue weighted by Crippen LogP contribution is 2.24. The van der Waals surface area contributed by atoms with Gasteiger partial charge < -0.3 is 19.7 Å². The normalized spacial score (nSPS) is 16.9. The number of amides is 1. The summed E-state index contributed by atoms with van der Waals surface area (Å²) in [6, 6.07) is 9.00. The van der Waals surface area contributed by atoms with Gasteiger partial charge in [-0.2, -0.15) is 0 Å². The van der Waals surface area contributed by atoms with Gasteiger partial charge in [0.2, 0.25) is 5.91 Å². The molecule has 0 aliphatic carbocycles. The van der Waals surface area contributed by atoms with Crippen LogP contribution >= 0.6 is 0 Å². The van der Waals surface area contributed by atoms with Crippen molar-refractivity contribution >= 4 is 5.91 Å². The molecule has 1 aromatic rings. The first-order valence-corrected chi connectivity index (χ1v) is 10.2. The van der Waals surface area contributed by atoms with Gasteiger partial charge in [-0.05, 0) is 75.7 Å². The number of ether oxygens (including phenoxy) is 2. The molecule has 1 saturated heterocycles. The number of piperidine rings is 1. The van der Waals surface area contributed by atoms with Crippen molar-refractivity contribution in [1.82, 2.24) is 10.2 Å². The van der Waals surface area contributed by atoms with Crippen LogP contribution in [0.1, 0.15) is 44.6 Å². The third-order valence-corrected chi connectivity index (χ3v) is 5.69. The van der Waals surface area contributed by atoms with Gasteiger partial charge in [0.05, 0.1) is 13.7 Å². The summed E-state index contributed by atoms with van der Waals surface area (Å²) in [5.74, 6) is 1.76. The first-order valence-electron chi connectivity index (χ1n) is 10.2. The Balaban J connectivity index is 1.61. The van der Waals surface area contributed by atoms with Crippen molar-refractivity contribution in [3.8, 4) is 5.75 Å². The summed E-state index contributed by atoms with van der Waals surface area (Å²) in [5, 5.41) is 2.91. The summed E-state index contributed by atoms with van der Waals surface area (Å²) >= 11 is 0. The smallest absolute Gasteiger partial charge is 0.220 e. The van der Waals surface area contributed by atoms with Crippen LogP contribution < -0.4 is 10.1 Å². The highest BCUT2D eigenvalue weighted by molar-refractivity contribution is 5.75. The number of aryl methyl sites for hydroxylation is 1. The molecular formula is C22H36N2O3. The monoisotopic (exact) mass is 376 g/mol. The minimum Gasteiger partial charge on any atom is -0.497 e. The van der Waals surface area contributed by atoms with Crippen LogP contribution in [0.25, 0.3) is 0 Å². The van der Waals surface area contributed by atoms with Crippen LogP contribution in [-0.2, 0) is 16.0 Å². The van der Waals surface area contributed by atoms with Crippen LogP contribution in [0, 0.1) is 5.92 Å². The maximum Gasteiger partial charge on any atom is 0.220 e. The third-order valence-electron chi connectivity index (χ3n) is 5.69. The molecule has 1 aliphatic heterocycles. The lowest BCUT2D eigenvalue weighted by molar-refractivity contribution is -0.121. The predicted octanol–water partition coefficient (Wildman–Crippen LogP) is 3.27. The highest BCUT2D eigenvalue weighted by atomic mass is 16.5. The van der Waals surface area contributed by atoms with Gasteiger partial charge in [-0.25, -0.2) is 0 Å². The van der Waals surface area contributed by atoms with E-state index in [2.05, 4.69) is 29.3 Å². The zero-order chi connectivity index (χ0) is 19.5. The molecule has 1 atom stereocenters. The molecule has 1 heterocycles. The molecule has 0 saturated carbocycles. The van der Waals surface area contributed by atoms with Crippen LogP contribution in [-0.4, -0.2) is 57.3 Å². The molecule has 1 aromatic carbocycles. The number of likely N-dealkylation sites (tertiary alicyclic amines) is 1. The standard InChI is InChI=1S/C22H36N2O3/c1-18(4-5-19-6-9-21(27-3)10-7-19)24-15-12-20(13-16-24)8-11-22(25)23-14-17-26-2/h6-7,9-10,18,20H,4-5,8,11-17H2,1-3H3,(H,23,25)/t18-/m1/s1. The van der Waals surface area contributed by atoms with E-state index in [0.717, 1.165) is 31.7 Å². The van der Waals surface area contributed by atoms with Crippen LogP contribution in [0.4, 0.5) is 0 Å². The van der Waals surface area contributed by atoms with Crippen LogP contribution in [0.2, 0.25) is 0 Å². The molecule has 5 nitrogen and oxygen atoms in total. The molecule has 1 amide bonds. The van der Waals surface area contributed by atoms with Crippen molar-refractivity contribution in [2.45, 2.75) is 51.5 Å². The van der Waals surface area contributed by atoms with Gasteiger partial charge in [0.25, 0.3) is 0 Å². The summed E-state index contributed by atoms with van der Waals surface area (Å²) in [7, 11) is 3.35. The van der Waals surface area contributed by atoms with Crippen LogP contribution in [0.5, 0.6) is 5.75 Å². The molecule has 0 bridgehead atoms. The maximum absolute atomic E-state index is 11.8. The van der Waals surface area contributed by atoms with Gasteiger partial charge in [-0.3, -0.25) is 4.79 Å². The van der Waals surface area contributed by atoms with Gasteiger partial charge in [0.15, 0.2) is 0 Å². The second-order valence-corrected chi connectivity index (χ2v) is 7.60. The minimum atomic E-state index is 0.155. The van der Waals surface area contributed by atoms with E-state index in [-0.39, 0.29) is 5.91 Å². The van der Waals surface area contributed by atoms with E-state index in [0.29, 0.717) is 31.5 Å². The average molecular weight is 377 g/mol. The molecule has 2 rings (SSSR count). The molecular weight excluding hydrogens is 340 g/mol. The summed E-state index contributed by atoms with van der Waals surface area (Å²) in [6.45, 7) is 5.84. The number of carbonyl (C=O) groups is 1. The van der Waals surface area contributed by atoms with Crippen molar-refractivity contribution in [3.63, 3.8) is 0 Å². The molecule has 0 spiro atoms. The average Bonchev–Trinajstić information content (AvgIpc) is 2.71. The molecule has 1 aliphatic rings. The molecule has 1 fully saturated rings. The number of nitrogens with one attached hydrogen (secondary N) is 1. The lowest BCUT2D eigenvalue weighted by atomic mass is 9.91. The zero-order valence-corrected chi connectivity index (χ0v) is 17.2. The Morgan fingerprint density at radius 3 is 2.56 bits per heavy atom. The second kappa shape index (κ2) is 12.0. The fraction of sp³-hybridized carbons (Fsp3) is 0.682. The third kappa shape index (κ3) is 7.89. The van der Waals surface area contributed by atoms with Crippen LogP contribution in [0.15, 0.2) is 24.3 Å². The summed E-state index contributed by atoms with van der Waals surface area (Å²) in [4.78, 5) is 14.4. The number of rotatable bonds is 11. The van der Waals surface area contributed by atoms with Crippen molar-refractivity contribution < 1.29 is 14.3 Å². The Morgan fingerprint density at radius 1 is 1.22 bits per heavy atom. The van der Waals surface area contributed by atoms with Gasteiger partial charge in [0.1, 0.15) is 5.75 Å². The lowest BCUT2D eigenvalue weighted by Gasteiger charge is -2.36. The Labute approximate surface area is 164 Å². The summed E-state index contributed by atoms with van der Waals surface area (Å²) in [5.41, 5.74) is 1.37. The zero-order valence-electron chi connectivity index (χ0n) is 17.2. The number of methoxy groups -OCH3 is 2. The number of carbonyl (C=O) groups excluding carboxylic acids is 1. The van der Waals surface area contributed by atoms with Crippen molar-refractivity contribution in [2.75, 3.05) is 40.5 Å². The van der Waals surface area contributed by atoms with E-state index >= 15 is 0 Å². The second-order valence-electron chi connectivity index (χ2n) is 7.60. The first kappa shape index (κ1) is 21.7. The Bertz CT molecular complexity index is 539. The quantitative estimate of drug-likeness (QED) is 0.602. The van der Waals surface area contributed by atoms with Crippen molar-refractivity contribution in [2.24, 2.45) is 5.92 Å². The van der Waals surface area contributed by atoms with Gasteiger partial charge in [0, 0.05) is 26.1 Å². The van der Waals surface area contributed by atoms with E-state index < -0.39 is 0 Å². The van der Waals surface area contributed by atoms with E-state index in [4.69, 9.17) is 9.47 Å². The lowest BCUT2D eigenvalue weighted by Crippen LogP contribution is -2.40. The maximum atomic E-state index is 11.8. The molecule has 0 radical (unpaired) electrons. The summed E-state index contributed by atoms with van der Waals surface area (Å²) in [6.07, 6.45) is 6.34. The molecule has 27 heavy (non-hydrogen) atoms. The van der Waals surface area contributed by atoms with E-state index in [9.17, 15) is 4.79 Å². The number of hydrogen-bond donors (Lipinski definition) is 1. The Hall–Kier alpha value is -1.59. The SMILES string of the molecule is COCCNC(=O)CCC1CCN([C@H](C)CCc2ccc(OC)cc2)CC1. The van der Waals surface area contributed by atoms with Gasteiger partial charge >= 0.3 is 0 Å². The van der Waals surface area contributed by atoms with Crippen LogP contribution in [0.3, 0.4) is 0 Å². The fourth-order valence-electron chi connectivity index (χ4n) is 3.75. The predicted molar refractivity (Wildman–Crippen MR) is 109 cm³/mol.